The summed E-state index contributed by atoms with van der Waals surface area (Å²) in [4.78, 5) is 15.5. The largest absolute Gasteiger partial charge is 0.272 e. The molecule has 1 aliphatic rings. The molecule has 0 saturated heterocycles. The number of hydrogen-bond acceptors (Lipinski definition) is 1. The molecule has 0 bridgehead atoms. The Balaban J connectivity index is 2.91. The van der Waals surface area contributed by atoms with E-state index in [1.807, 2.05) is 0 Å². The van der Waals surface area contributed by atoms with Gasteiger partial charge in [0, 0.05) is 17.5 Å². The second kappa shape index (κ2) is 2.93. The van der Waals surface area contributed by atoms with Gasteiger partial charge in [-0.3, -0.25) is 4.79 Å². The van der Waals surface area contributed by atoms with Crippen LogP contribution < -0.4 is 0 Å². The van der Waals surface area contributed by atoms with Crippen LogP contribution in [0.4, 0.5) is 0 Å². The maximum absolute atomic E-state index is 11.5. The topological polar surface area (TPSA) is 29.4 Å². The van der Waals surface area contributed by atoms with Crippen molar-refractivity contribution >= 4 is 12.1 Å². The SMILES string of the molecule is CC1(C)C=NC(=O)C(C(C)(C)C)C1. The lowest BCUT2D eigenvalue weighted by Crippen LogP contribution is -2.36. The Kier molecular flexibility index (Phi) is 2.35. The van der Waals surface area contributed by atoms with Gasteiger partial charge in [0.25, 0.3) is 0 Å². The van der Waals surface area contributed by atoms with Gasteiger partial charge < -0.3 is 0 Å². The normalized spacial score (nSPS) is 27.8. The van der Waals surface area contributed by atoms with Gasteiger partial charge in [-0.05, 0) is 11.8 Å². The van der Waals surface area contributed by atoms with E-state index in [1.54, 1.807) is 6.21 Å². The molecule has 74 valence electrons. The highest BCUT2D eigenvalue weighted by molar-refractivity contribution is 5.91. The van der Waals surface area contributed by atoms with Crippen LogP contribution in [-0.4, -0.2) is 12.1 Å². The minimum Gasteiger partial charge on any atom is -0.272 e. The van der Waals surface area contributed by atoms with Crippen molar-refractivity contribution in [2.24, 2.45) is 21.7 Å². The lowest BCUT2D eigenvalue weighted by molar-refractivity contribution is -0.126. The van der Waals surface area contributed by atoms with E-state index in [1.165, 1.54) is 0 Å². The van der Waals surface area contributed by atoms with Gasteiger partial charge >= 0.3 is 0 Å². The Labute approximate surface area is 80.4 Å². The van der Waals surface area contributed by atoms with E-state index >= 15 is 0 Å². The summed E-state index contributed by atoms with van der Waals surface area (Å²) in [5, 5.41) is 0. The first-order valence-electron chi connectivity index (χ1n) is 4.81. The lowest BCUT2D eigenvalue weighted by atomic mass is 9.70. The van der Waals surface area contributed by atoms with Crippen molar-refractivity contribution in [3.05, 3.63) is 0 Å². The molecule has 1 aliphatic heterocycles. The Morgan fingerprint density at radius 3 is 2.38 bits per heavy atom. The number of aliphatic imine (C=N–C) groups is 1. The molecule has 0 saturated carbocycles. The first kappa shape index (κ1) is 10.4. The van der Waals surface area contributed by atoms with Gasteiger partial charge in [-0.2, -0.15) is 0 Å². The fourth-order valence-electron chi connectivity index (χ4n) is 1.67. The van der Waals surface area contributed by atoms with Crippen molar-refractivity contribution < 1.29 is 4.79 Å². The molecular formula is C11H19NO. The smallest absolute Gasteiger partial charge is 0.249 e. The second-order valence-electron chi connectivity index (χ2n) is 5.71. The summed E-state index contributed by atoms with van der Waals surface area (Å²) < 4.78 is 0. The van der Waals surface area contributed by atoms with Crippen LogP contribution in [0.2, 0.25) is 0 Å². The molecule has 2 heteroatoms. The number of nitrogens with zero attached hydrogens (tertiary/aromatic N) is 1. The molecule has 1 atom stereocenters. The molecule has 0 N–H and O–H groups in total. The van der Waals surface area contributed by atoms with Crippen molar-refractivity contribution in [3.8, 4) is 0 Å². The summed E-state index contributed by atoms with van der Waals surface area (Å²) in [7, 11) is 0. The Bertz CT molecular complexity index is 245. The molecular weight excluding hydrogens is 162 g/mol. The van der Waals surface area contributed by atoms with Crippen LogP contribution in [0.3, 0.4) is 0 Å². The number of hydrogen-bond donors (Lipinski definition) is 0. The van der Waals surface area contributed by atoms with Crippen LogP contribution in [-0.2, 0) is 4.79 Å². The molecule has 13 heavy (non-hydrogen) atoms. The summed E-state index contributed by atoms with van der Waals surface area (Å²) in [6, 6.07) is 0. The van der Waals surface area contributed by atoms with Gasteiger partial charge in [0.2, 0.25) is 5.91 Å². The maximum atomic E-state index is 11.5. The zero-order valence-electron chi connectivity index (χ0n) is 9.22. The van der Waals surface area contributed by atoms with Crippen molar-refractivity contribution in [1.82, 2.24) is 0 Å². The standard InChI is InChI=1S/C11H19NO/c1-10(2,3)8-6-11(4,5)7-12-9(8)13/h7-8H,6H2,1-5H3. The van der Waals surface area contributed by atoms with E-state index in [-0.39, 0.29) is 22.7 Å². The van der Waals surface area contributed by atoms with Gasteiger partial charge in [-0.1, -0.05) is 34.6 Å². The third kappa shape index (κ3) is 2.39. The number of carbonyl (C=O) groups excluding carboxylic acids is 1. The summed E-state index contributed by atoms with van der Waals surface area (Å²) in [6.07, 6.45) is 2.70. The highest BCUT2D eigenvalue weighted by atomic mass is 16.1. The average Bonchev–Trinajstić information content (AvgIpc) is 1.92. The van der Waals surface area contributed by atoms with Crippen molar-refractivity contribution in [2.75, 3.05) is 0 Å². The highest BCUT2D eigenvalue weighted by Crippen LogP contribution is 2.38. The zero-order chi connectivity index (χ0) is 10.3. The van der Waals surface area contributed by atoms with Crippen molar-refractivity contribution in [3.63, 3.8) is 0 Å². The fraction of sp³-hybridized carbons (Fsp3) is 0.818. The summed E-state index contributed by atoms with van der Waals surface area (Å²) in [5.41, 5.74) is 0.109. The van der Waals surface area contributed by atoms with Gasteiger partial charge in [0.15, 0.2) is 0 Å². The quantitative estimate of drug-likeness (QED) is 0.565. The van der Waals surface area contributed by atoms with E-state index in [9.17, 15) is 4.79 Å². The number of carbonyl (C=O) groups is 1. The van der Waals surface area contributed by atoms with E-state index in [0.717, 1.165) is 6.42 Å². The Morgan fingerprint density at radius 2 is 2.00 bits per heavy atom. The van der Waals surface area contributed by atoms with Crippen LogP contribution in [0.1, 0.15) is 41.0 Å². The Morgan fingerprint density at radius 1 is 1.46 bits per heavy atom. The number of rotatable bonds is 0. The van der Waals surface area contributed by atoms with Crippen LogP contribution >= 0.6 is 0 Å². The van der Waals surface area contributed by atoms with Crippen LogP contribution in [0.15, 0.2) is 4.99 Å². The summed E-state index contributed by atoms with van der Waals surface area (Å²) in [6.45, 7) is 10.6. The second-order valence-corrected chi connectivity index (χ2v) is 5.71. The molecule has 0 fully saturated rings. The molecule has 2 nitrogen and oxygen atoms in total. The molecule has 1 unspecified atom stereocenters. The van der Waals surface area contributed by atoms with Crippen LogP contribution in [0, 0.1) is 16.7 Å². The summed E-state index contributed by atoms with van der Waals surface area (Å²) >= 11 is 0. The predicted molar refractivity (Wildman–Crippen MR) is 54.8 cm³/mol. The minimum atomic E-state index is 0.0338. The lowest BCUT2D eigenvalue weighted by Gasteiger charge is -2.36. The van der Waals surface area contributed by atoms with Crippen LogP contribution in [0.25, 0.3) is 0 Å². The van der Waals surface area contributed by atoms with E-state index in [0.29, 0.717) is 0 Å². The van der Waals surface area contributed by atoms with Gasteiger partial charge in [-0.25, -0.2) is 4.99 Å². The molecule has 1 amide bonds. The minimum absolute atomic E-state index is 0.0338. The molecule has 0 aromatic carbocycles. The molecule has 0 spiro atoms. The average molecular weight is 181 g/mol. The predicted octanol–water partition coefficient (Wildman–Crippen LogP) is 2.68. The third-order valence-corrected chi connectivity index (χ3v) is 2.61. The number of amides is 1. The van der Waals surface area contributed by atoms with E-state index in [2.05, 4.69) is 39.6 Å². The first-order chi connectivity index (χ1) is 5.72. The Hall–Kier alpha value is -0.660. The molecule has 1 rings (SSSR count). The maximum Gasteiger partial charge on any atom is 0.249 e. The van der Waals surface area contributed by atoms with E-state index < -0.39 is 0 Å². The zero-order valence-corrected chi connectivity index (χ0v) is 9.22. The third-order valence-electron chi connectivity index (χ3n) is 2.61. The molecule has 0 aromatic heterocycles. The first-order valence-corrected chi connectivity index (χ1v) is 4.81. The molecule has 0 radical (unpaired) electrons. The molecule has 0 aromatic rings. The van der Waals surface area contributed by atoms with Crippen LogP contribution in [0.5, 0.6) is 0 Å². The van der Waals surface area contributed by atoms with Crippen molar-refractivity contribution in [2.45, 2.75) is 41.0 Å². The van der Waals surface area contributed by atoms with Gasteiger partial charge in [0.05, 0.1) is 0 Å². The van der Waals surface area contributed by atoms with Gasteiger partial charge in [0.1, 0.15) is 0 Å². The van der Waals surface area contributed by atoms with Gasteiger partial charge in [-0.15, -0.1) is 0 Å². The van der Waals surface area contributed by atoms with E-state index in [4.69, 9.17) is 0 Å². The van der Waals surface area contributed by atoms with Crippen molar-refractivity contribution in [1.29, 1.82) is 0 Å². The molecule has 0 aliphatic carbocycles. The highest BCUT2D eigenvalue weighted by Gasteiger charge is 2.38. The molecule has 1 heterocycles. The monoisotopic (exact) mass is 181 g/mol. The fourth-order valence-corrected chi connectivity index (χ4v) is 1.67. The summed E-state index contributed by atoms with van der Waals surface area (Å²) in [5.74, 6) is 0.124.